The fourth-order valence-electron chi connectivity index (χ4n) is 14.8. The normalized spacial score (nSPS) is 13.7. The minimum absolute atomic E-state index is 0.108. The number of aliphatic hydroxyl groups is 1. The molecule has 0 aliphatic rings. The topological polar surface area (TPSA) is 237 Å². The summed E-state index contributed by atoms with van der Waals surface area (Å²) >= 11 is 0. The molecule has 0 fully saturated rings. The molecule has 17 nitrogen and oxygen atoms in total. The van der Waals surface area contributed by atoms with E-state index in [1.165, 1.54) is 327 Å². The van der Waals surface area contributed by atoms with Crippen molar-refractivity contribution < 1.29 is 80.2 Å². The molecule has 2 unspecified atom stereocenters. The van der Waals surface area contributed by atoms with E-state index in [4.69, 9.17) is 37.0 Å². The Balaban J connectivity index is 5.24. The zero-order valence-corrected chi connectivity index (χ0v) is 76.5. The number of hydrogen-bond acceptors (Lipinski definition) is 15. The van der Waals surface area contributed by atoms with Gasteiger partial charge in [0.2, 0.25) is 0 Å². The number of rotatable bonds is 93. The van der Waals surface area contributed by atoms with Crippen molar-refractivity contribution in [1.82, 2.24) is 0 Å². The van der Waals surface area contributed by atoms with E-state index >= 15 is 0 Å². The molecular formula is C94H184O17P2. The van der Waals surface area contributed by atoms with Crippen LogP contribution in [0.2, 0.25) is 0 Å². The van der Waals surface area contributed by atoms with Crippen LogP contribution in [0.1, 0.15) is 510 Å². The number of esters is 4. The number of phosphoric ester groups is 2. The summed E-state index contributed by atoms with van der Waals surface area (Å²) in [7, 11) is -9.94. The van der Waals surface area contributed by atoms with Crippen LogP contribution >= 0.6 is 15.6 Å². The van der Waals surface area contributed by atoms with E-state index in [9.17, 15) is 43.2 Å². The second-order valence-corrected chi connectivity index (χ2v) is 37.6. The lowest BCUT2D eigenvalue weighted by Crippen LogP contribution is -2.30. The van der Waals surface area contributed by atoms with Crippen LogP contribution in [0, 0.1) is 11.8 Å². The summed E-state index contributed by atoms with van der Waals surface area (Å²) in [5, 5.41) is 10.7. The maximum atomic E-state index is 13.2. The monoisotopic (exact) mass is 1650 g/mol. The Bertz CT molecular complexity index is 2150. The molecule has 0 heterocycles. The third kappa shape index (κ3) is 87.7. The molecule has 0 aromatic carbocycles. The van der Waals surface area contributed by atoms with Crippen LogP contribution < -0.4 is 0 Å². The first kappa shape index (κ1) is 111. The van der Waals surface area contributed by atoms with Gasteiger partial charge >= 0.3 is 39.5 Å². The fourth-order valence-corrected chi connectivity index (χ4v) is 16.4. The molecule has 0 aromatic heterocycles. The molecule has 0 saturated carbocycles. The van der Waals surface area contributed by atoms with Gasteiger partial charge in [0, 0.05) is 25.7 Å². The molecule has 5 atom stereocenters. The molecule has 0 aromatic rings. The Hall–Kier alpha value is -1.94. The van der Waals surface area contributed by atoms with Crippen LogP contribution in [0.5, 0.6) is 0 Å². The second-order valence-electron chi connectivity index (χ2n) is 34.7. The lowest BCUT2D eigenvalue weighted by atomic mass is 10.0. The van der Waals surface area contributed by atoms with Crippen molar-refractivity contribution in [2.24, 2.45) is 11.8 Å². The first-order chi connectivity index (χ1) is 54.9. The van der Waals surface area contributed by atoms with Gasteiger partial charge in [0.1, 0.15) is 19.3 Å². The van der Waals surface area contributed by atoms with Crippen molar-refractivity contribution in [3.8, 4) is 0 Å². The van der Waals surface area contributed by atoms with E-state index < -0.39 is 97.5 Å². The SMILES string of the molecule is CCCCCCCCCCCCCCCCCCCCCCCCC(=O)O[C@H](COC(=O)CCCCCCCCCCCCCCCCCCCCCCC)COP(=O)(O)OC[C@@H](O)COP(=O)(O)OC[C@@H](COC(=O)CCCCCCCCCCCC(C)C)OC(=O)CCCCCCCCCCCCCCCCCC(C)C. The third-order valence-electron chi connectivity index (χ3n) is 22.2. The average Bonchev–Trinajstić information content (AvgIpc) is 0.905. The summed E-state index contributed by atoms with van der Waals surface area (Å²) < 4.78 is 69.2. The molecule has 19 heteroatoms. The van der Waals surface area contributed by atoms with Gasteiger partial charge in [-0.2, -0.15) is 0 Å². The predicted molar refractivity (Wildman–Crippen MR) is 469 cm³/mol. The smallest absolute Gasteiger partial charge is 0.462 e. The second kappa shape index (κ2) is 85.1. The summed E-state index contributed by atoms with van der Waals surface area (Å²) in [4.78, 5) is 73.5. The van der Waals surface area contributed by atoms with Gasteiger partial charge < -0.3 is 33.8 Å². The molecule has 672 valence electrons. The summed E-state index contributed by atoms with van der Waals surface area (Å²) in [6.07, 6.45) is 80.8. The van der Waals surface area contributed by atoms with Crippen LogP contribution in [-0.2, 0) is 65.4 Å². The maximum Gasteiger partial charge on any atom is 0.472 e. The zero-order valence-electron chi connectivity index (χ0n) is 74.7. The van der Waals surface area contributed by atoms with Crippen LogP contribution in [0.15, 0.2) is 0 Å². The van der Waals surface area contributed by atoms with Crippen molar-refractivity contribution >= 4 is 39.5 Å². The van der Waals surface area contributed by atoms with E-state index in [0.717, 1.165) is 102 Å². The molecule has 0 aliphatic heterocycles. The summed E-state index contributed by atoms with van der Waals surface area (Å²) in [6, 6.07) is 0. The molecule has 0 amide bonds. The number of hydrogen-bond donors (Lipinski definition) is 3. The quantitative estimate of drug-likeness (QED) is 0.0222. The first-order valence-electron chi connectivity index (χ1n) is 48.5. The highest BCUT2D eigenvalue weighted by molar-refractivity contribution is 7.47. The maximum absolute atomic E-state index is 13.2. The Kier molecular flexibility index (Phi) is 83.6. The molecule has 0 spiro atoms. The van der Waals surface area contributed by atoms with Gasteiger partial charge in [-0.05, 0) is 37.5 Å². The Morgan fingerprint density at radius 2 is 0.407 bits per heavy atom. The summed E-state index contributed by atoms with van der Waals surface area (Å²) in [5.41, 5.74) is 0. The van der Waals surface area contributed by atoms with Crippen LogP contribution in [0.25, 0.3) is 0 Å². The van der Waals surface area contributed by atoms with Crippen LogP contribution in [-0.4, -0.2) is 96.7 Å². The largest absolute Gasteiger partial charge is 0.472 e. The van der Waals surface area contributed by atoms with Gasteiger partial charge in [-0.1, -0.05) is 459 Å². The van der Waals surface area contributed by atoms with E-state index in [-0.39, 0.29) is 25.7 Å². The van der Waals surface area contributed by atoms with E-state index in [0.29, 0.717) is 25.7 Å². The van der Waals surface area contributed by atoms with E-state index in [1.54, 1.807) is 0 Å². The molecule has 113 heavy (non-hydrogen) atoms. The zero-order chi connectivity index (χ0) is 82.7. The highest BCUT2D eigenvalue weighted by Crippen LogP contribution is 2.45. The minimum Gasteiger partial charge on any atom is -0.462 e. The van der Waals surface area contributed by atoms with Crippen molar-refractivity contribution in [3.63, 3.8) is 0 Å². The van der Waals surface area contributed by atoms with E-state index in [1.807, 2.05) is 0 Å². The lowest BCUT2D eigenvalue weighted by Gasteiger charge is -2.21. The van der Waals surface area contributed by atoms with E-state index in [2.05, 4.69) is 41.5 Å². The van der Waals surface area contributed by atoms with Crippen molar-refractivity contribution in [1.29, 1.82) is 0 Å². The van der Waals surface area contributed by atoms with Gasteiger partial charge in [-0.15, -0.1) is 0 Å². The highest BCUT2D eigenvalue weighted by atomic mass is 31.2. The van der Waals surface area contributed by atoms with Crippen molar-refractivity contribution in [3.05, 3.63) is 0 Å². The Morgan fingerprint density at radius 3 is 0.602 bits per heavy atom. The molecule has 0 radical (unpaired) electrons. The lowest BCUT2D eigenvalue weighted by molar-refractivity contribution is -0.161. The standard InChI is InChI=1S/C94H184O17P2/c1-7-9-11-13-15-17-19-21-23-25-27-29-31-33-35-39-43-47-53-60-66-72-78-93(98)110-89(82-104-91(96)76-70-64-58-52-46-42-38-34-32-30-28-26-24-22-20-18-16-14-12-10-8-2)84-108-112(100,101)106-80-88(95)81-107-113(102,103)109-85-90(83-105-92(97)77-71-65-59-55-49-51-57-63-69-75-87(5)6)111-94(99)79-73-67-61-54-48-44-40-36-37-41-45-50-56-62-68-74-86(3)4/h86-90,95H,7-85H2,1-6H3,(H,100,101)(H,102,103)/t88-,89-,90-/m1/s1. The minimum atomic E-state index is -4.97. The molecule has 0 saturated heterocycles. The van der Waals surface area contributed by atoms with Gasteiger partial charge in [0.05, 0.1) is 26.4 Å². The van der Waals surface area contributed by atoms with Gasteiger partial charge in [-0.3, -0.25) is 37.3 Å². The highest BCUT2D eigenvalue weighted by Gasteiger charge is 2.31. The fraction of sp³-hybridized carbons (Fsp3) is 0.957. The van der Waals surface area contributed by atoms with Crippen molar-refractivity contribution in [2.75, 3.05) is 39.6 Å². The molecule has 0 bridgehead atoms. The average molecular weight is 1650 g/mol. The number of carbonyl (C=O) groups excluding carboxylic acids is 4. The summed E-state index contributed by atoms with van der Waals surface area (Å²) in [5.74, 6) is -0.548. The summed E-state index contributed by atoms with van der Waals surface area (Å²) in [6.45, 7) is 9.72. The Morgan fingerprint density at radius 1 is 0.239 bits per heavy atom. The molecular weight excluding hydrogens is 1460 g/mol. The Labute approximate surface area is 696 Å². The van der Waals surface area contributed by atoms with Gasteiger partial charge in [0.25, 0.3) is 0 Å². The van der Waals surface area contributed by atoms with Crippen LogP contribution in [0.3, 0.4) is 0 Å². The van der Waals surface area contributed by atoms with Crippen LogP contribution in [0.4, 0.5) is 0 Å². The van der Waals surface area contributed by atoms with Gasteiger partial charge in [0.15, 0.2) is 12.2 Å². The number of phosphoric acid groups is 2. The molecule has 3 N–H and O–H groups in total. The van der Waals surface area contributed by atoms with Crippen molar-refractivity contribution in [2.45, 2.75) is 529 Å². The molecule has 0 aliphatic carbocycles. The number of carbonyl (C=O) groups is 4. The molecule has 0 rings (SSSR count). The number of unbranched alkanes of at least 4 members (excludes halogenated alkanes) is 63. The predicted octanol–water partition coefficient (Wildman–Crippen LogP) is 29.4. The number of aliphatic hydroxyl groups excluding tert-OH is 1. The first-order valence-corrected chi connectivity index (χ1v) is 51.5. The third-order valence-corrected chi connectivity index (χ3v) is 24.1. The van der Waals surface area contributed by atoms with Gasteiger partial charge in [-0.25, -0.2) is 9.13 Å². The number of ether oxygens (including phenoxy) is 4.